The maximum atomic E-state index is 13.1. The highest BCUT2D eigenvalue weighted by molar-refractivity contribution is 5.95. The zero-order valence-electron chi connectivity index (χ0n) is 20.9. The normalized spacial score (nSPS) is 14.5. The SMILES string of the molecule is CCc1cccc(C)c1NC(=O)C1CCN(c2nnc(C)c3c(C)n(-c4ccccc4)nc23)CC1. The molecule has 7 heteroatoms. The standard InChI is InChI=1S/C28H32N6O/c1-5-21-11-9-10-18(2)25(21)29-28(35)22-14-16-33(17-15-22)27-26-24(19(3)30-31-27)20(4)34(32-26)23-12-7-6-8-13-23/h6-13,22H,5,14-17H2,1-4H3,(H,29,35). The largest absolute Gasteiger partial charge is 0.353 e. The maximum absolute atomic E-state index is 13.1. The van der Waals surface area contributed by atoms with Gasteiger partial charge in [-0.15, -0.1) is 5.10 Å². The van der Waals surface area contributed by atoms with Gasteiger partial charge in [0.25, 0.3) is 0 Å². The van der Waals surface area contributed by atoms with Crippen molar-refractivity contribution in [2.24, 2.45) is 5.92 Å². The minimum Gasteiger partial charge on any atom is -0.353 e. The number of benzene rings is 2. The fraction of sp³-hybridized carbons (Fsp3) is 0.357. The molecular formula is C28H32N6O. The number of piperidine rings is 1. The molecule has 5 rings (SSSR count). The van der Waals surface area contributed by atoms with Gasteiger partial charge in [0.1, 0.15) is 5.52 Å². The summed E-state index contributed by atoms with van der Waals surface area (Å²) >= 11 is 0. The van der Waals surface area contributed by atoms with Gasteiger partial charge in [0.2, 0.25) is 5.91 Å². The summed E-state index contributed by atoms with van der Waals surface area (Å²) in [5.74, 6) is 0.889. The molecule has 1 aliphatic rings. The van der Waals surface area contributed by atoms with Crippen LogP contribution in [0, 0.1) is 26.7 Å². The van der Waals surface area contributed by atoms with Gasteiger partial charge < -0.3 is 10.2 Å². The van der Waals surface area contributed by atoms with Gasteiger partial charge >= 0.3 is 0 Å². The van der Waals surface area contributed by atoms with Crippen LogP contribution in [0.25, 0.3) is 16.6 Å². The molecule has 35 heavy (non-hydrogen) atoms. The molecule has 0 atom stereocenters. The maximum Gasteiger partial charge on any atom is 0.227 e. The van der Waals surface area contributed by atoms with Gasteiger partial charge in [-0.25, -0.2) is 4.68 Å². The lowest BCUT2D eigenvalue weighted by atomic mass is 9.95. The van der Waals surface area contributed by atoms with Gasteiger partial charge in [0.05, 0.1) is 22.5 Å². The van der Waals surface area contributed by atoms with Gasteiger partial charge in [0, 0.05) is 24.7 Å². The Hall–Kier alpha value is -3.74. The lowest BCUT2D eigenvalue weighted by molar-refractivity contribution is -0.120. The molecule has 1 amide bonds. The molecule has 0 saturated carbocycles. The first-order valence-corrected chi connectivity index (χ1v) is 12.4. The van der Waals surface area contributed by atoms with Gasteiger partial charge in [-0.1, -0.05) is 43.3 Å². The highest BCUT2D eigenvalue weighted by atomic mass is 16.1. The predicted molar refractivity (Wildman–Crippen MR) is 140 cm³/mol. The fourth-order valence-corrected chi connectivity index (χ4v) is 5.13. The number of fused-ring (bicyclic) bond motifs is 1. The number of aryl methyl sites for hydroxylation is 4. The number of carbonyl (C=O) groups is 1. The Morgan fingerprint density at radius 3 is 2.46 bits per heavy atom. The van der Waals surface area contributed by atoms with Gasteiger partial charge in [0.15, 0.2) is 5.82 Å². The third kappa shape index (κ3) is 4.27. The lowest BCUT2D eigenvalue weighted by Crippen LogP contribution is -2.39. The van der Waals surface area contributed by atoms with Crippen molar-refractivity contribution in [2.75, 3.05) is 23.3 Å². The summed E-state index contributed by atoms with van der Waals surface area (Å²) in [4.78, 5) is 15.3. The Morgan fingerprint density at radius 2 is 1.74 bits per heavy atom. The molecular weight excluding hydrogens is 436 g/mol. The average molecular weight is 469 g/mol. The van der Waals surface area contributed by atoms with Crippen LogP contribution in [0.1, 0.15) is 42.3 Å². The number of nitrogens with one attached hydrogen (secondary N) is 1. The van der Waals surface area contributed by atoms with Crippen molar-refractivity contribution in [1.82, 2.24) is 20.0 Å². The zero-order valence-corrected chi connectivity index (χ0v) is 20.9. The van der Waals surface area contributed by atoms with Crippen LogP contribution in [-0.4, -0.2) is 39.0 Å². The van der Waals surface area contributed by atoms with Crippen molar-refractivity contribution in [3.8, 4) is 5.69 Å². The molecule has 180 valence electrons. The summed E-state index contributed by atoms with van der Waals surface area (Å²) in [6.07, 6.45) is 2.44. The van der Waals surface area contributed by atoms with Crippen molar-refractivity contribution in [3.05, 3.63) is 71.0 Å². The number of carbonyl (C=O) groups excluding carboxylic acids is 1. The fourth-order valence-electron chi connectivity index (χ4n) is 5.13. The Bertz CT molecular complexity index is 1370. The molecule has 4 aromatic rings. The van der Waals surface area contributed by atoms with Crippen molar-refractivity contribution in [1.29, 1.82) is 0 Å². The number of aromatic nitrogens is 4. The first-order chi connectivity index (χ1) is 17.0. The lowest BCUT2D eigenvalue weighted by Gasteiger charge is -2.32. The Balaban J connectivity index is 1.36. The number of anilines is 2. The third-order valence-corrected chi connectivity index (χ3v) is 7.14. The van der Waals surface area contributed by atoms with Crippen molar-refractivity contribution >= 4 is 28.3 Å². The molecule has 0 spiro atoms. The van der Waals surface area contributed by atoms with E-state index in [1.165, 1.54) is 5.56 Å². The highest BCUT2D eigenvalue weighted by Gasteiger charge is 2.29. The van der Waals surface area contributed by atoms with E-state index in [1.807, 2.05) is 35.9 Å². The molecule has 0 radical (unpaired) electrons. The Labute approximate surface area is 206 Å². The van der Waals surface area contributed by atoms with Crippen molar-refractivity contribution in [2.45, 2.75) is 47.0 Å². The molecule has 0 unspecified atom stereocenters. The van der Waals surface area contributed by atoms with E-state index in [2.05, 4.69) is 65.5 Å². The number of hydrogen-bond acceptors (Lipinski definition) is 5. The number of hydrogen-bond donors (Lipinski definition) is 1. The number of amides is 1. The predicted octanol–water partition coefficient (Wildman–Crippen LogP) is 5.16. The van der Waals surface area contributed by atoms with E-state index in [0.717, 1.165) is 77.4 Å². The van der Waals surface area contributed by atoms with E-state index in [9.17, 15) is 4.79 Å². The second kappa shape index (κ2) is 9.49. The number of rotatable bonds is 5. The van der Waals surface area contributed by atoms with Crippen LogP contribution in [0.5, 0.6) is 0 Å². The van der Waals surface area contributed by atoms with Crippen LogP contribution >= 0.6 is 0 Å². The molecule has 1 aliphatic heterocycles. The van der Waals surface area contributed by atoms with Crippen LogP contribution in [0.3, 0.4) is 0 Å². The van der Waals surface area contributed by atoms with Crippen LogP contribution in [0.4, 0.5) is 11.5 Å². The minimum absolute atomic E-state index is 0.0203. The molecule has 2 aromatic carbocycles. The molecule has 2 aromatic heterocycles. The second-order valence-electron chi connectivity index (χ2n) is 9.38. The summed E-state index contributed by atoms with van der Waals surface area (Å²) < 4.78 is 1.97. The second-order valence-corrected chi connectivity index (χ2v) is 9.38. The quantitative estimate of drug-likeness (QED) is 0.438. The summed E-state index contributed by atoms with van der Waals surface area (Å²) in [6, 6.07) is 16.3. The Morgan fingerprint density at radius 1 is 1.00 bits per heavy atom. The third-order valence-electron chi connectivity index (χ3n) is 7.14. The zero-order chi connectivity index (χ0) is 24.5. The van der Waals surface area contributed by atoms with E-state index in [4.69, 9.17) is 5.10 Å². The summed E-state index contributed by atoms with van der Waals surface area (Å²) in [6.45, 7) is 9.72. The van der Waals surface area contributed by atoms with Crippen molar-refractivity contribution < 1.29 is 4.79 Å². The topological polar surface area (TPSA) is 75.9 Å². The van der Waals surface area contributed by atoms with E-state index in [0.29, 0.717) is 0 Å². The minimum atomic E-state index is -0.0203. The van der Waals surface area contributed by atoms with E-state index >= 15 is 0 Å². The van der Waals surface area contributed by atoms with Crippen LogP contribution in [0.15, 0.2) is 48.5 Å². The van der Waals surface area contributed by atoms with E-state index in [-0.39, 0.29) is 11.8 Å². The van der Waals surface area contributed by atoms with Crippen LogP contribution in [0.2, 0.25) is 0 Å². The Kier molecular flexibility index (Phi) is 6.24. The average Bonchev–Trinajstić information content (AvgIpc) is 3.24. The highest BCUT2D eigenvalue weighted by Crippen LogP contribution is 2.32. The molecule has 1 fully saturated rings. The van der Waals surface area contributed by atoms with Crippen molar-refractivity contribution in [3.63, 3.8) is 0 Å². The molecule has 0 aliphatic carbocycles. The van der Waals surface area contributed by atoms with Gasteiger partial charge in [-0.05, 0) is 63.3 Å². The number of para-hydroxylation sites is 2. The van der Waals surface area contributed by atoms with Crippen LogP contribution < -0.4 is 10.2 Å². The summed E-state index contributed by atoms with van der Waals surface area (Å²) in [5, 5.41) is 18.2. The van der Waals surface area contributed by atoms with Gasteiger partial charge in [-0.2, -0.15) is 10.2 Å². The molecule has 1 N–H and O–H groups in total. The van der Waals surface area contributed by atoms with E-state index < -0.39 is 0 Å². The monoisotopic (exact) mass is 468 g/mol. The van der Waals surface area contributed by atoms with Crippen LogP contribution in [-0.2, 0) is 11.2 Å². The molecule has 0 bridgehead atoms. The first-order valence-electron chi connectivity index (χ1n) is 12.4. The summed E-state index contributed by atoms with van der Waals surface area (Å²) in [7, 11) is 0. The smallest absolute Gasteiger partial charge is 0.227 e. The first kappa shape index (κ1) is 23.0. The van der Waals surface area contributed by atoms with E-state index in [1.54, 1.807) is 0 Å². The molecule has 1 saturated heterocycles. The van der Waals surface area contributed by atoms with Gasteiger partial charge in [-0.3, -0.25) is 4.79 Å². The molecule has 3 heterocycles. The summed E-state index contributed by atoms with van der Waals surface area (Å²) in [5.41, 5.74) is 7.07. The number of nitrogens with zero attached hydrogens (tertiary/aromatic N) is 5. The molecule has 7 nitrogen and oxygen atoms in total.